The molecule has 6 nitrogen and oxygen atoms in total. The van der Waals surface area contributed by atoms with Crippen molar-refractivity contribution in [3.8, 4) is 0 Å². The lowest BCUT2D eigenvalue weighted by Gasteiger charge is -2.42. The number of aromatic nitrogens is 4. The van der Waals surface area contributed by atoms with Crippen molar-refractivity contribution >= 4 is 16.8 Å². The number of aromatic amines is 1. The van der Waals surface area contributed by atoms with Gasteiger partial charge >= 0.3 is 0 Å². The van der Waals surface area contributed by atoms with Crippen LogP contribution in [0.2, 0.25) is 0 Å². The van der Waals surface area contributed by atoms with Crippen LogP contribution in [0.15, 0.2) is 36.8 Å². The Kier molecular flexibility index (Phi) is 3.81. The minimum atomic E-state index is 0.133. The molecular formula is C21H25N5O. The summed E-state index contributed by atoms with van der Waals surface area (Å²) in [6.45, 7) is 4.69. The van der Waals surface area contributed by atoms with Gasteiger partial charge in [0.2, 0.25) is 0 Å². The number of carbonyl (C=O) groups excluding carboxylic acids is 1. The highest BCUT2D eigenvalue weighted by atomic mass is 16.2. The van der Waals surface area contributed by atoms with Crippen LogP contribution in [0.1, 0.15) is 54.7 Å². The number of nitrogens with zero attached hydrogens (tertiary/aromatic N) is 4. The van der Waals surface area contributed by atoms with Crippen LogP contribution in [0.5, 0.6) is 0 Å². The molecule has 1 aliphatic carbocycles. The first-order valence-corrected chi connectivity index (χ1v) is 9.94. The minimum Gasteiger partial charge on any atom is -0.361 e. The van der Waals surface area contributed by atoms with Crippen molar-refractivity contribution in [2.24, 2.45) is 5.41 Å². The molecule has 0 bridgehead atoms. The highest BCUT2D eigenvalue weighted by Gasteiger charge is 2.53. The zero-order valence-corrected chi connectivity index (χ0v) is 15.7. The monoisotopic (exact) mass is 363 g/mol. The average molecular weight is 363 g/mol. The summed E-state index contributed by atoms with van der Waals surface area (Å²) < 4.78 is 2.19. The Morgan fingerprint density at radius 3 is 3.00 bits per heavy atom. The summed E-state index contributed by atoms with van der Waals surface area (Å²) in [5.41, 5.74) is 2.02. The van der Waals surface area contributed by atoms with Crippen molar-refractivity contribution in [2.45, 2.75) is 45.1 Å². The molecule has 1 saturated carbocycles. The van der Waals surface area contributed by atoms with Crippen molar-refractivity contribution in [3.05, 3.63) is 48.2 Å². The molecule has 1 saturated heterocycles. The Balaban J connectivity index is 1.44. The summed E-state index contributed by atoms with van der Waals surface area (Å²) in [4.78, 5) is 18.5. The van der Waals surface area contributed by atoms with E-state index < -0.39 is 0 Å². The van der Waals surface area contributed by atoms with E-state index >= 15 is 0 Å². The van der Waals surface area contributed by atoms with E-state index in [0.29, 0.717) is 5.92 Å². The van der Waals surface area contributed by atoms with Crippen molar-refractivity contribution < 1.29 is 4.79 Å². The Morgan fingerprint density at radius 1 is 1.33 bits per heavy atom. The molecule has 1 spiro atoms. The van der Waals surface area contributed by atoms with E-state index in [0.717, 1.165) is 48.3 Å². The van der Waals surface area contributed by atoms with Crippen LogP contribution < -0.4 is 0 Å². The predicted octanol–water partition coefficient (Wildman–Crippen LogP) is 3.58. The van der Waals surface area contributed by atoms with Gasteiger partial charge in [0.05, 0.1) is 0 Å². The second-order valence-corrected chi connectivity index (χ2v) is 8.12. The standard InChI is InChI=1S/C21H25N5O/c1-2-10-25-14-23-24-19(25)17-12-26(13-21(17)7-3-8-21)20(27)16-4-5-18-15(11-16)6-9-22-18/h4-6,9,11,14,17,22H,2-3,7-8,10,12-13H2,1H3. The molecule has 2 aliphatic rings. The molecule has 2 fully saturated rings. The first-order chi connectivity index (χ1) is 13.2. The molecule has 1 atom stereocenters. The van der Waals surface area contributed by atoms with Gasteiger partial charge in [-0.1, -0.05) is 13.3 Å². The molecule has 0 radical (unpaired) electrons. The fourth-order valence-corrected chi connectivity index (χ4v) is 4.93. The van der Waals surface area contributed by atoms with Gasteiger partial charge in [-0.05, 0) is 48.9 Å². The van der Waals surface area contributed by atoms with Crippen LogP contribution in [0.3, 0.4) is 0 Å². The van der Waals surface area contributed by atoms with Crippen molar-refractivity contribution in [2.75, 3.05) is 13.1 Å². The normalized spacial score (nSPS) is 21.1. The molecule has 1 aliphatic heterocycles. The number of hydrogen-bond acceptors (Lipinski definition) is 3. The molecule has 6 heteroatoms. The van der Waals surface area contributed by atoms with Gasteiger partial charge in [0, 0.05) is 48.2 Å². The van der Waals surface area contributed by atoms with E-state index in [9.17, 15) is 4.79 Å². The summed E-state index contributed by atoms with van der Waals surface area (Å²) >= 11 is 0. The highest BCUT2D eigenvalue weighted by molar-refractivity contribution is 5.98. The first kappa shape index (κ1) is 16.5. The van der Waals surface area contributed by atoms with Crippen LogP contribution in [-0.2, 0) is 6.54 Å². The van der Waals surface area contributed by atoms with Gasteiger partial charge in [-0.2, -0.15) is 0 Å². The van der Waals surface area contributed by atoms with Gasteiger partial charge in [-0.15, -0.1) is 10.2 Å². The lowest BCUT2D eigenvalue weighted by atomic mass is 9.62. The lowest BCUT2D eigenvalue weighted by molar-refractivity contribution is 0.0723. The summed E-state index contributed by atoms with van der Waals surface area (Å²) in [7, 11) is 0. The third kappa shape index (κ3) is 2.58. The third-order valence-corrected chi connectivity index (χ3v) is 6.51. The quantitative estimate of drug-likeness (QED) is 0.770. The number of likely N-dealkylation sites (tertiary alicyclic amines) is 1. The van der Waals surface area contributed by atoms with E-state index in [4.69, 9.17) is 0 Å². The molecule has 140 valence electrons. The van der Waals surface area contributed by atoms with E-state index in [1.165, 1.54) is 19.3 Å². The Bertz CT molecular complexity index is 983. The van der Waals surface area contributed by atoms with Crippen LogP contribution >= 0.6 is 0 Å². The minimum absolute atomic E-state index is 0.133. The van der Waals surface area contributed by atoms with Crippen molar-refractivity contribution in [1.29, 1.82) is 0 Å². The maximum Gasteiger partial charge on any atom is 0.253 e. The zero-order valence-electron chi connectivity index (χ0n) is 15.7. The number of nitrogens with one attached hydrogen (secondary N) is 1. The van der Waals surface area contributed by atoms with E-state index in [1.54, 1.807) is 0 Å². The molecular weight excluding hydrogens is 338 g/mol. The van der Waals surface area contributed by atoms with Crippen molar-refractivity contribution in [1.82, 2.24) is 24.6 Å². The van der Waals surface area contributed by atoms with Crippen LogP contribution in [-0.4, -0.2) is 43.6 Å². The summed E-state index contributed by atoms with van der Waals surface area (Å²) in [6.07, 6.45) is 8.42. The Labute approximate surface area is 158 Å². The molecule has 3 aromatic rings. The van der Waals surface area contributed by atoms with Crippen LogP contribution in [0, 0.1) is 5.41 Å². The number of amides is 1. The molecule has 2 aromatic heterocycles. The highest BCUT2D eigenvalue weighted by Crippen LogP contribution is 2.55. The van der Waals surface area contributed by atoms with Gasteiger partial charge in [-0.3, -0.25) is 4.79 Å². The summed E-state index contributed by atoms with van der Waals surface area (Å²) in [6, 6.07) is 7.93. The van der Waals surface area contributed by atoms with Gasteiger partial charge in [0.25, 0.3) is 5.91 Å². The average Bonchev–Trinajstić information content (AvgIpc) is 3.37. The molecule has 5 rings (SSSR count). The largest absolute Gasteiger partial charge is 0.361 e. The summed E-state index contributed by atoms with van der Waals surface area (Å²) in [5.74, 6) is 1.49. The van der Waals surface area contributed by atoms with Crippen molar-refractivity contribution in [3.63, 3.8) is 0 Å². The van der Waals surface area contributed by atoms with Gasteiger partial charge < -0.3 is 14.5 Å². The molecule has 3 heterocycles. The summed E-state index contributed by atoms with van der Waals surface area (Å²) in [5, 5.41) is 9.72. The molecule has 1 aromatic carbocycles. The predicted molar refractivity (Wildman–Crippen MR) is 104 cm³/mol. The number of carbonyl (C=O) groups is 1. The number of aryl methyl sites for hydroxylation is 1. The Morgan fingerprint density at radius 2 is 2.22 bits per heavy atom. The first-order valence-electron chi connectivity index (χ1n) is 9.94. The smallest absolute Gasteiger partial charge is 0.253 e. The van der Waals surface area contributed by atoms with Crippen LogP contribution in [0.4, 0.5) is 0 Å². The maximum atomic E-state index is 13.2. The van der Waals surface area contributed by atoms with Gasteiger partial charge in [0.1, 0.15) is 12.2 Å². The third-order valence-electron chi connectivity index (χ3n) is 6.51. The fourth-order valence-electron chi connectivity index (χ4n) is 4.93. The number of rotatable bonds is 4. The second-order valence-electron chi connectivity index (χ2n) is 8.12. The number of fused-ring (bicyclic) bond motifs is 1. The van der Waals surface area contributed by atoms with E-state index in [2.05, 4.69) is 26.7 Å². The topological polar surface area (TPSA) is 66.8 Å². The number of benzene rings is 1. The molecule has 1 unspecified atom stereocenters. The molecule has 27 heavy (non-hydrogen) atoms. The lowest BCUT2D eigenvalue weighted by Crippen LogP contribution is -2.38. The Hall–Kier alpha value is -2.63. The van der Waals surface area contributed by atoms with Crippen LogP contribution in [0.25, 0.3) is 10.9 Å². The van der Waals surface area contributed by atoms with E-state index in [1.807, 2.05) is 41.7 Å². The second kappa shape index (κ2) is 6.22. The molecule has 1 N–H and O–H groups in total. The fraction of sp³-hybridized carbons (Fsp3) is 0.476. The maximum absolute atomic E-state index is 13.2. The SMILES string of the molecule is CCCn1cnnc1C1CN(C(=O)c2ccc3[nH]ccc3c2)CC12CCC2. The zero-order chi connectivity index (χ0) is 18.4. The van der Waals surface area contributed by atoms with E-state index in [-0.39, 0.29) is 11.3 Å². The van der Waals surface area contributed by atoms with Gasteiger partial charge in [-0.25, -0.2) is 0 Å². The van der Waals surface area contributed by atoms with Gasteiger partial charge in [0.15, 0.2) is 0 Å². The number of H-pyrrole nitrogens is 1. The number of hydrogen-bond donors (Lipinski definition) is 1. The molecule has 1 amide bonds.